The minimum absolute atomic E-state index is 0.108. The molecule has 1 amide bonds. The molecule has 2 aromatic heterocycles. The molecule has 0 saturated heterocycles. The quantitative estimate of drug-likeness (QED) is 0.641. The van der Waals surface area contributed by atoms with Gasteiger partial charge in [-0.3, -0.25) is 9.78 Å². The molecule has 144 valence electrons. The van der Waals surface area contributed by atoms with Crippen LogP contribution in [-0.4, -0.2) is 34.5 Å². The van der Waals surface area contributed by atoms with E-state index in [1.165, 1.54) is 0 Å². The van der Waals surface area contributed by atoms with Gasteiger partial charge in [0.2, 0.25) is 5.91 Å². The lowest BCUT2D eigenvalue weighted by Crippen LogP contribution is -2.31. The third kappa shape index (κ3) is 4.54. The molecule has 0 aliphatic carbocycles. The Labute approximate surface area is 173 Å². The van der Waals surface area contributed by atoms with Crippen LogP contribution in [0.4, 0.5) is 11.5 Å². The Balaban J connectivity index is 1.80. The zero-order chi connectivity index (χ0) is 20.3. The second-order valence-corrected chi connectivity index (χ2v) is 7.58. The monoisotopic (exact) mass is 439 g/mol. The molecule has 3 rings (SSSR count). The van der Waals surface area contributed by atoms with E-state index in [4.69, 9.17) is 0 Å². The van der Waals surface area contributed by atoms with E-state index in [1.54, 1.807) is 6.20 Å². The minimum atomic E-state index is -0.108. The number of hydrogen-bond donors (Lipinski definition) is 1. The largest absolute Gasteiger partial charge is 0.350 e. The number of anilines is 2. The number of carbonyl (C=O) groups excluding carboxylic acids is 1. The van der Waals surface area contributed by atoms with Crippen molar-refractivity contribution in [3.8, 4) is 11.5 Å². The fourth-order valence-corrected chi connectivity index (χ4v) is 3.32. The van der Waals surface area contributed by atoms with E-state index < -0.39 is 0 Å². The topological polar surface area (TPSA) is 71.0 Å². The van der Waals surface area contributed by atoms with Crippen LogP contribution in [0.3, 0.4) is 0 Å². The molecular weight excluding hydrogens is 418 g/mol. The van der Waals surface area contributed by atoms with Gasteiger partial charge in [0.1, 0.15) is 11.5 Å². The predicted octanol–water partition coefficient (Wildman–Crippen LogP) is 4.30. The summed E-state index contributed by atoms with van der Waals surface area (Å²) in [6, 6.07) is 11.4. The van der Waals surface area contributed by atoms with Crippen molar-refractivity contribution >= 4 is 33.3 Å². The number of amides is 1. The van der Waals surface area contributed by atoms with E-state index in [1.807, 2.05) is 69.1 Å². The Morgan fingerprint density at radius 2 is 1.93 bits per heavy atom. The summed E-state index contributed by atoms with van der Waals surface area (Å²) in [5.41, 5.74) is 4.30. The van der Waals surface area contributed by atoms with Crippen LogP contribution >= 0.6 is 15.9 Å². The number of hydrogen-bond acceptors (Lipinski definition) is 5. The van der Waals surface area contributed by atoms with Gasteiger partial charge in [-0.2, -0.15) is 0 Å². The maximum atomic E-state index is 12.6. The first-order chi connectivity index (χ1) is 13.3. The van der Waals surface area contributed by atoms with Crippen LogP contribution in [0.2, 0.25) is 0 Å². The maximum Gasteiger partial charge on any atom is 0.243 e. The van der Waals surface area contributed by atoms with Gasteiger partial charge in [-0.1, -0.05) is 22.0 Å². The summed E-state index contributed by atoms with van der Waals surface area (Å²) in [6.45, 7) is 6.03. The summed E-state index contributed by atoms with van der Waals surface area (Å²) in [7, 11) is 1.85. The van der Waals surface area contributed by atoms with Gasteiger partial charge in [-0.05, 0) is 56.7 Å². The van der Waals surface area contributed by atoms with E-state index in [0.29, 0.717) is 11.5 Å². The van der Waals surface area contributed by atoms with Gasteiger partial charge in [0.05, 0.1) is 6.54 Å². The first-order valence-electron chi connectivity index (χ1n) is 8.89. The molecule has 0 bridgehead atoms. The summed E-state index contributed by atoms with van der Waals surface area (Å²) >= 11 is 3.43. The summed E-state index contributed by atoms with van der Waals surface area (Å²) in [6.07, 6.45) is 1.71. The first kappa shape index (κ1) is 19.9. The molecule has 0 unspecified atom stereocenters. The van der Waals surface area contributed by atoms with E-state index in [9.17, 15) is 4.79 Å². The van der Waals surface area contributed by atoms with Crippen molar-refractivity contribution < 1.29 is 4.79 Å². The van der Waals surface area contributed by atoms with Crippen molar-refractivity contribution in [1.29, 1.82) is 0 Å². The van der Waals surface area contributed by atoms with Crippen LogP contribution in [0.25, 0.3) is 11.5 Å². The molecule has 0 saturated carbocycles. The zero-order valence-electron chi connectivity index (χ0n) is 16.3. The van der Waals surface area contributed by atoms with Crippen molar-refractivity contribution in [1.82, 2.24) is 15.0 Å². The average Bonchev–Trinajstić information content (AvgIpc) is 2.66. The SMILES string of the molecule is Cc1cc(Br)ccc1NC(=O)CN(C)c1nc(-c2ccccn2)nc(C)c1C. The molecular formula is C21H22BrN5O. The van der Waals surface area contributed by atoms with Gasteiger partial charge in [-0.25, -0.2) is 9.97 Å². The maximum absolute atomic E-state index is 12.6. The number of aryl methyl sites for hydroxylation is 2. The third-order valence-corrected chi connectivity index (χ3v) is 4.96. The molecule has 1 N–H and O–H groups in total. The van der Waals surface area contributed by atoms with Crippen LogP contribution < -0.4 is 10.2 Å². The van der Waals surface area contributed by atoms with E-state index >= 15 is 0 Å². The predicted molar refractivity (Wildman–Crippen MR) is 116 cm³/mol. The molecule has 2 heterocycles. The van der Waals surface area contributed by atoms with Crippen LogP contribution in [0.15, 0.2) is 47.1 Å². The Hall–Kier alpha value is -2.80. The summed E-state index contributed by atoms with van der Waals surface area (Å²) in [5, 5.41) is 2.96. The number of carbonyl (C=O) groups is 1. The van der Waals surface area contributed by atoms with Gasteiger partial charge in [-0.15, -0.1) is 0 Å². The molecule has 0 radical (unpaired) electrons. The lowest BCUT2D eigenvalue weighted by molar-refractivity contribution is -0.114. The highest BCUT2D eigenvalue weighted by Gasteiger charge is 2.16. The summed E-state index contributed by atoms with van der Waals surface area (Å²) < 4.78 is 0.981. The smallest absolute Gasteiger partial charge is 0.243 e. The third-order valence-electron chi connectivity index (χ3n) is 4.46. The van der Waals surface area contributed by atoms with E-state index in [-0.39, 0.29) is 12.5 Å². The Kier molecular flexibility index (Phi) is 6.04. The van der Waals surface area contributed by atoms with Crippen molar-refractivity contribution in [2.75, 3.05) is 23.8 Å². The molecule has 1 aromatic carbocycles. The van der Waals surface area contributed by atoms with Crippen LogP contribution in [0, 0.1) is 20.8 Å². The highest BCUT2D eigenvalue weighted by atomic mass is 79.9. The number of nitrogens with zero attached hydrogens (tertiary/aromatic N) is 4. The number of halogens is 1. The fraction of sp³-hybridized carbons (Fsp3) is 0.238. The number of benzene rings is 1. The summed E-state index contributed by atoms with van der Waals surface area (Å²) in [5.74, 6) is 1.16. The van der Waals surface area contributed by atoms with E-state index in [0.717, 1.165) is 32.8 Å². The molecule has 0 fully saturated rings. The lowest BCUT2D eigenvalue weighted by Gasteiger charge is -2.21. The molecule has 0 atom stereocenters. The zero-order valence-corrected chi connectivity index (χ0v) is 17.9. The second kappa shape index (κ2) is 8.48. The molecule has 0 aliphatic rings. The Morgan fingerprint density at radius 1 is 1.14 bits per heavy atom. The number of pyridine rings is 1. The van der Waals surface area contributed by atoms with Crippen LogP contribution in [0.5, 0.6) is 0 Å². The molecule has 3 aromatic rings. The second-order valence-electron chi connectivity index (χ2n) is 6.66. The first-order valence-corrected chi connectivity index (χ1v) is 9.68. The highest BCUT2D eigenvalue weighted by Crippen LogP contribution is 2.23. The van der Waals surface area contributed by atoms with Gasteiger partial charge >= 0.3 is 0 Å². The van der Waals surface area contributed by atoms with Crippen molar-refractivity contribution in [2.45, 2.75) is 20.8 Å². The van der Waals surface area contributed by atoms with Gasteiger partial charge in [0.15, 0.2) is 5.82 Å². The van der Waals surface area contributed by atoms with Gasteiger partial charge < -0.3 is 10.2 Å². The van der Waals surface area contributed by atoms with Crippen molar-refractivity contribution in [3.05, 3.63) is 63.9 Å². The van der Waals surface area contributed by atoms with Gasteiger partial charge in [0.25, 0.3) is 0 Å². The van der Waals surface area contributed by atoms with Crippen LogP contribution in [-0.2, 0) is 4.79 Å². The molecule has 28 heavy (non-hydrogen) atoms. The molecule has 6 nitrogen and oxygen atoms in total. The van der Waals surface area contributed by atoms with Crippen LogP contribution in [0.1, 0.15) is 16.8 Å². The minimum Gasteiger partial charge on any atom is -0.350 e. The standard InChI is InChI=1S/C21H22BrN5O/c1-13-11-16(22)8-9-17(13)25-19(28)12-27(4)21-14(2)15(3)24-20(26-21)18-7-5-6-10-23-18/h5-11H,12H2,1-4H3,(H,25,28). The molecule has 0 aliphatic heterocycles. The average molecular weight is 440 g/mol. The Morgan fingerprint density at radius 3 is 2.61 bits per heavy atom. The Bertz CT molecular complexity index is 1010. The van der Waals surface area contributed by atoms with Gasteiger partial charge in [0, 0.05) is 34.7 Å². The molecule has 7 heteroatoms. The number of aromatic nitrogens is 3. The number of nitrogens with one attached hydrogen (secondary N) is 1. The highest BCUT2D eigenvalue weighted by molar-refractivity contribution is 9.10. The fourth-order valence-electron chi connectivity index (χ4n) is 2.84. The summed E-state index contributed by atoms with van der Waals surface area (Å²) in [4.78, 5) is 27.9. The van der Waals surface area contributed by atoms with Crippen molar-refractivity contribution in [3.63, 3.8) is 0 Å². The number of likely N-dealkylation sites (N-methyl/N-ethyl adjacent to an activating group) is 1. The van der Waals surface area contributed by atoms with Crippen molar-refractivity contribution in [2.24, 2.45) is 0 Å². The lowest BCUT2D eigenvalue weighted by atomic mass is 10.2. The van der Waals surface area contributed by atoms with E-state index in [2.05, 4.69) is 36.2 Å². The normalized spacial score (nSPS) is 10.6. The number of rotatable bonds is 5. The molecule has 0 spiro atoms.